The van der Waals surface area contributed by atoms with E-state index in [4.69, 9.17) is 33.1 Å². The van der Waals surface area contributed by atoms with Gasteiger partial charge < -0.3 is 24.5 Å². The molecule has 1 amide bonds. The van der Waals surface area contributed by atoms with E-state index in [9.17, 15) is 13.2 Å². The number of nitrogens with zero attached hydrogens (tertiary/aromatic N) is 4. The van der Waals surface area contributed by atoms with Crippen molar-refractivity contribution in [3.8, 4) is 0 Å². The first-order valence-corrected chi connectivity index (χ1v) is 14.9. The summed E-state index contributed by atoms with van der Waals surface area (Å²) in [7, 11) is -1.87. The van der Waals surface area contributed by atoms with Gasteiger partial charge in [0.15, 0.2) is 0 Å². The summed E-state index contributed by atoms with van der Waals surface area (Å²) in [5.74, 6) is 0.410. The number of nitrogens with one attached hydrogen (secondary N) is 3. The number of hydroxylamine groups is 1. The lowest BCUT2D eigenvalue weighted by Crippen LogP contribution is -2.57. The van der Waals surface area contributed by atoms with Crippen LogP contribution in [0, 0.1) is 0 Å². The molecule has 2 unspecified atom stereocenters. The number of likely N-dealkylation sites (N-methyl/N-ethyl adjacent to an activating group) is 1. The van der Waals surface area contributed by atoms with E-state index >= 15 is 0 Å². The Kier molecular flexibility index (Phi) is 7.02. The van der Waals surface area contributed by atoms with Gasteiger partial charge in [-0.2, -0.15) is 4.31 Å². The van der Waals surface area contributed by atoms with Crippen molar-refractivity contribution in [1.82, 2.24) is 34.9 Å². The minimum Gasteiger partial charge on any atom is -0.436 e. The number of thiocarbonyl (C=S) groups is 1. The van der Waals surface area contributed by atoms with Crippen molar-refractivity contribution in [3.05, 3.63) is 46.6 Å². The molecule has 5 heterocycles. The molecule has 3 aliphatic rings. The van der Waals surface area contributed by atoms with Crippen LogP contribution in [0.3, 0.4) is 0 Å². The third kappa shape index (κ3) is 5.24. The fourth-order valence-electron chi connectivity index (χ4n) is 5.27. The van der Waals surface area contributed by atoms with Gasteiger partial charge in [-0.3, -0.25) is 9.69 Å². The molecule has 3 aliphatic heterocycles. The standard InChI is InChI=1S/C24H28ClN7O5S2/c1-30-7-6-18-19(13-30)36-22(27-18)23(33)32-9-8-31(12-16(32)3-5-20-28-24(38)37-29-20)39(34,35)21-11-14-10-15(25)2-4-17(14)26-21/h2,4,10-11,16,20,26,29H,3,5-9,12-13H2,1H3,(H,28,38). The third-order valence-corrected chi connectivity index (χ3v) is 9.59. The van der Waals surface area contributed by atoms with Crippen LogP contribution in [0.1, 0.15) is 35.0 Å². The highest BCUT2D eigenvalue weighted by Gasteiger charge is 2.39. The number of hydrogen-bond donors (Lipinski definition) is 3. The van der Waals surface area contributed by atoms with Crippen LogP contribution in [0.15, 0.2) is 33.7 Å². The van der Waals surface area contributed by atoms with Crippen molar-refractivity contribution >= 4 is 55.8 Å². The molecule has 12 nitrogen and oxygen atoms in total. The molecule has 0 spiro atoms. The molecule has 0 aliphatic carbocycles. The van der Waals surface area contributed by atoms with Crippen LogP contribution in [0.2, 0.25) is 5.02 Å². The SMILES string of the molecule is CN1CCc2nc(C(=O)N3CCN(S(=O)(=O)c4cc5cc(Cl)ccc5[nH]4)CC3CCC3NOC(=S)N3)oc2C1. The van der Waals surface area contributed by atoms with E-state index in [1.165, 1.54) is 4.31 Å². The number of sulfonamides is 1. The summed E-state index contributed by atoms with van der Waals surface area (Å²) >= 11 is 11.1. The van der Waals surface area contributed by atoms with Gasteiger partial charge in [0.2, 0.25) is 0 Å². The fourth-order valence-corrected chi connectivity index (χ4v) is 7.12. The van der Waals surface area contributed by atoms with Crippen molar-refractivity contribution in [2.24, 2.45) is 0 Å². The molecular weight excluding hydrogens is 566 g/mol. The summed E-state index contributed by atoms with van der Waals surface area (Å²) in [5, 5.41) is 4.56. The molecule has 1 aromatic carbocycles. The summed E-state index contributed by atoms with van der Waals surface area (Å²) in [6.07, 6.45) is 1.50. The fraction of sp³-hybridized carbons (Fsp3) is 0.458. The van der Waals surface area contributed by atoms with Gasteiger partial charge in [0.1, 0.15) is 17.0 Å². The van der Waals surface area contributed by atoms with Crippen molar-refractivity contribution < 1.29 is 22.5 Å². The number of carbonyl (C=O) groups excluding carboxylic acids is 1. The smallest absolute Gasteiger partial charge is 0.310 e. The number of piperazine rings is 1. The van der Waals surface area contributed by atoms with E-state index in [1.807, 2.05) is 7.05 Å². The minimum absolute atomic E-state index is 0.0470. The molecule has 2 aromatic heterocycles. The molecule has 0 bridgehead atoms. The highest BCUT2D eigenvalue weighted by molar-refractivity contribution is 7.89. The number of benzene rings is 1. The molecule has 2 fully saturated rings. The predicted octanol–water partition coefficient (Wildman–Crippen LogP) is 1.83. The number of hydrogen-bond acceptors (Lipinski definition) is 9. The van der Waals surface area contributed by atoms with Gasteiger partial charge in [-0.05, 0) is 56.4 Å². The summed E-state index contributed by atoms with van der Waals surface area (Å²) in [6, 6.07) is 6.33. The second kappa shape index (κ2) is 10.3. The Morgan fingerprint density at radius 3 is 2.87 bits per heavy atom. The molecular formula is C24H28ClN7O5S2. The molecule has 3 N–H and O–H groups in total. The van der Waals surface area contributed by atoms with E-state index in [1.54, 1.807) is 29.2 Å². The zero-order chi connectivity index (χ0) is 27.3. The highest BCUT2D eigenvalue weighted by Crippen LogP contribution is 2.28. The highest BCUT2D eigenvalue weighted by atomic mass is 35.5. The Morgan fingerprint density at radius 1 is 1.23 bits per heavy atom. The van der Waals surface area contributed by atoms with Crippen molar-refractivity contribution in [2.75, 3.05) is 33.2 Å². The lowest BCUT2D eigenvalue weighted by Gasteiger charge is -2.40. The predicted molar refractivity (Wildman–Crippen MR) is 146 cm³/mol. The van der Waals surface area contributed by atoms with Crippen LogP contribution in [0.4, 0.5) is 0 Å². The van der Waals surface area contributed by atoms with Crippen LogP contribution in [-0.4, -0.2) is 89.0 Å². The van der Waals surface area contributed by atoms with Crippen LogP contribution < -0.4 is 10.8 Å². The number of amides is 1. The molecule has 0 radical (unpaired) electrons. The lowest BCUT2D eigenvalue weighted by atomic mass is 10.1. The number of fused-ring (bicyclic) bond motifs is 2. The Balaban J connectivity index is 1.24. The van der Waals surface area contributed by atoms with E-state index < -0.39 is 16.1 Å². The topological polar surface area (TPSA) is 136 Å². The summed E-state index contributed by atoms with van der Waals surface area (Å²) < 4.78 is 34.6. The second-order valence-corrected chi connectivity index (χ2v) is 12.8. The number of oxazole rings is 1. The number of H-pyrrole nitrogens is 1. The zero-order valence-electron chi connectivity index (χ0n) is 21.1. The lowest BCUT2D eigenvalue weighted by molar-refractivity contribution is 0.0494. The number of carbonyl (C=O) groups is 1. The summed E-state index contributed by atoms with van der Waals surface area (Å²) in [4.78, 5) is 30.0. The average Bonchev–Trinajstić information content (AvgIpc) is 3.64. The Hall–Kier alpha value is -2.75. The Labute approximate surface area is 235 Å². The van der Waals surface area contributed by atoms with Crippen molar-refractivity contribution in [1.29, 1.82) is 0 Å². The van der Waals surface area contributed by atoms with Gasteiger partial charge in [0.25, 0.3) is 21.1 Å². The first-order valence-electron chi connectivity index (χ1n) is 12.7. The van der Waals surface area contributed by atoms with Gasteiger partial charge >= 0.3 is 5.91 Å². The number of rotatable bonds is 6. The quantitative estimate of drug-likeness (QED) is 0.363. The number of halogens is 1. The minimum atomic E-state index is -3.86. The first kappa shape index (κ1) is 26.5. The van der Waals surface area contributed by atoms with Crippen LogP contribution in [0.25, 0.3) is 10.9 Å². The summed E-state index contributed by atoms with van der Waals surface area (Å²) in [6.45, 7) is 1.89. The third-order valence-electron chi connectivity index (χ3n) is 7.36. The molecule has 6 rings (SSSR count). The van der Waals surface area contributed by atoms with E-state index in [2.05, 4.69) is 25.7 Å². The van der Waals surface area contributed by atoms with Gasteiger partial charge in [0, 0.05) is 54.6 Å². The molecule has 2 saturated heterocycles. The van der Waals surface area contributed by atoms with E-state index in [-0.39, 0.29) is 47.8 Å². The maximum atomic E-state index is 13.7. The zero-order valence-corrected chi connectivity index (χ0v) is 23.5. The van der Waals surface area contributed by atoms with Gasteiger partial charge in [-0.1, -0.05) is 11.6 Å². The number of aromatic nitrogens is 2. The molecule has 0 saturated carbocycles. The monoisotopic (exact) mass is 593 g/mol. The van der Waals surface area contributed by atoms with Crippen molar-refractivity contribution in [3.63, 3.8) is 0 Å². The molecule has 208 valence electrons. The van der Waals surface area contributed by atoms with Crippen molar-refractivity contribution in [2.45, 2.75) is 43.0 Å². The molecule has 15 heteroatoms. The maximum absolute atomic E-state index is 13.7. The number of aromatic amines is 1. The Bertz CT molecular complexity index is 1540. The first-order chi connectivity index (χ1) is 18.7. The molecule has 2 atom stereocenters. The van der Waals surface area contributed by atoms with Gasteiger partial charge in [0.05, 0.1) is 12.2 Å². The second-order valence-electron chi connectivity index (χ2n) is 10.0. The van der Waals surface area contributed by atoms with Crippen LogP contribution in [-0.2, 0) is 27.8 Å². The van der Waals surface area contributed by atoms with E-state index in [0.717, 1.165) is 12.2 Å². The maximum Gasteiger partial charge on any atom is 0.310 e. The van der Waals surface area contributed by atoms with E-state index in [0.29, 0.717) is 47.5 Å². The normalized spacial score (nSPS) is 22.6. The molecule has 39 heavy (non-hydrogen) atoms. The average molecular weight is 594 g/mol. The largest absolute Gasteiger partial charge is 0.436 e. The van der Waals surface area contributed by atoms with Gasteiger partial charge in [-0.15, -0.1) is 5.48 Å². The Morgan fingerprint density at radius 2 is 2.08 bits per heavy atom. The van der Waals surface area contributed by atoms with Crippen LogP contribution >= 0.6 is 23.8 Å². The summed E-state index contributed by atoms with van der Waals surface area (Å²) in [5.41, 5.74) is 4.29. The van der Waals surface area contributed by atoms with Gasteiger partial charge in [-0.25, -0.2) is 13.4 Å². The van der Waals surface area contributed by atoms with Crippen LogP contribution in [0.5, 0.6) is 0 Å². The molecule has 3 aromatic rings.